The van der Waals surface area contributed by atoms with Crippen molar-refractivity contribution in [2.45, 2.75) is 37.3 Å². The van der Waals surface area contributed by atoms with Crippen LogP contribution in [0.15, 0.2) is 63.2 Å². The van der Waals surface area contributed by atoms with Crippen LogP contribution in [0.4, 0.5) is 0 Å². The van der Waals surface area contributed by atoms with Crippen molar-refractivity contribution < 1.29 is 4.52 Å². The first-order valence-electron chi connectivity index (χ1n) is 8.84. The van der Waals surface area contributed by atoms with Crippen LogP contribution in [-0.2, 0) is 12.2 Å². The van der Waals surface area contributed by atoms with Crippen LogP contribution < -0.4 is 5.32 Å². The third-order valence-corrected chi connectivity index (χ3v) is 5.44. The van der Waals surface area contributed by atoms with Gasteiger partial charge in [0.15, 0.2) is 0 Å². The first-order valence-corrected chi connectivity index (χ1v) is 9.82. The van der Waals surface area contributed by atoms with Gasteiger partial charge in [-0.15, -0.1) is 11.8 Å². The Morgan fingerprint density at radius 1 is 1.38 bits per heavy atom. The summed E-state index contributed by atoms with van der Waals surface area (Å²) in [6.45, 7) is 4.87. The van der Waals surface area contributed by atoms with Crippen molar-refractivity contribution in [2.24, 2.45) is 5.92 Å². The molecular weight excluding hydrogens is 342 g/mol. The molecule has 3 rings (SSSR count). The Morgan fingerprint density at radius 3 is 3.00 bits per heavy atom. The van der Waals surface area contributed by atoms with E-state index in [-0.39, 0.29) is 0 Å². The van der Waals surface area contributed by atoms with Crippen molar-refractivity contribution in [2.75, 3.05) is 6.54 Å². The first kappa shape index (κ1) is 18.3. The molecule has 1 N–H and O–H groups in total. The normalized spacial score (nSPS) is 16.6. The highest BCUT2D eigenvalue weighted by molar-refractivity contribution is 7.98. The minimum absolute atomic E-state index is 0.437. The summed E-state index contributed by atoms with van der Waals surface area (Å²) in [5, 5.41) is 16.7. The standard InChI is InChI=1S/C21H23N3OS/c1-15-7-8-20(18(11-15)13-22)23-10-9-17-5-3-4-6-21(17)26-14-19-12-16(2)24-25-19/h3-8,12,15,23H,9-11,14H2,1-2H3. The number of thioether (sulfide) groups is 1. The van der Waals surface area contributed by atoms with E-state index in [0.29, 0.717) is 5.92 Å². The lowest BCUT2D eigenvalue weighted by Gasteiger charge is -2.17. The number of nitriles is 1. The molecule has 0 bridgehead atoms. The van der Waals surface area contributed by atoms with Gasteiger partial charge in [-0.1, -0.05) is 36.4 Å². The summed E-state index contributed by atoms with van der Waals surface area (Å²) in [4.78, 5) is 1.26. The van der Waals surface area contributed by atoms with Gasteiger partial charge in [0.1, 0.15) is 5.76 Å². The van der Waals surface area contributed by atoms with Gasteiger partial charge in [-0.2, -0.15) is 5.26 Å². The Balaban J connectivity index is 1.58. The van der Waals surface area contributed by atoms with Crippen molar-refractivity contribution in [3.8, 4) is 6.07 Å². The zero-order chi connectivity index (χ0) is 18.4. The number of rotatable bonds is 7. The van der Waals surface area contributed by atoms with E-state index in [9.17, 15) is 5.26 Å². The third-order valence-electron chi connectivity index (χ3n) is 4.31. The molecule has 0 radical (unpaired) electrons. The number of hydrogen-bond acceptors (Lipinski definition) is 5. The van der Waals surface area contributed by atoms with Crippen LogP contribution in [0.3, 0.4) is 0 Å². The van der Waals surface area contributed by atoms with Gasteiger partial charge in [0, 0.05) is 23.2 Å². The van der Waals surface area contributed by atoms with Crippen LogP contribution in [0.2, 0.25) is 0 Å². The van der Waals surface area contributed by atoms with Gasteiger partial charge in [0.05, 0.1) is 23.1 Å². The lowest BCUT2D eigenvalue weighted by Crippen LogP contribution is -2.19. The molecule has 0 spiro atoms. The van der Waals surface area contributed by atoms with E-state index in [0.717, 1.165) is 47.9 Å². The second-order valence-corrected chi connectivity index (χ2v) is 7.57. The molecule has 4 nitrogen and oxygen atoms in total. The molecule has 1 atom stereocenters. The van der Waals surface area contributed by atoms with Crippen LogP contribution >= 0.6 is 11.8 Å². The molecule has 1 heterocycles. The zero-order valence-electron chi connectivity index (χ0n) is 15.2. The summed E-state index contributed by atoms with van der Waals surface area (Å²) < 4.78 is 5.29. The molecule has 5 heteroatoms. The molecule has 1 aliphatic carbocycles. The number of hydrogen-bond donors (Lipinski definition) is 1. The minimum Gasteiger partial charge on any atom is -0.384 e. The fourth-order valence-corrected chi connectivity index (χ4v) is 3.91. The molecular formula is C21H23N3OS. The Morgan fingerprint density at radius 2 is 2.23 bits per heavy atom. The highest BCUT2D eigenvalue weighted by Gasteiger charge is 2.13. The zero-order valence-corrected chi connectivity index (χ0v) is 16.0. The topological polar surface area (TPSA) is 61.9 Å². The van der Waals surface area contributed by atoms with Crippen molar-refractivity contribution in [1.82, 2.24) is 10.5 Å². The first-order chi connectivity index (χ1) is 12.7. The Hall–Kier alpha value is -2.45. The largest absolute Gasteiger partial charge is 0.384 e. The third kappa shape index (κ3) is 4.80. The predicted molar refractivity (Wildman–Crippen MR) is 105 cm³/mol. The number of aromatic nitrogens is 1. The molecule has 0 fully saturated rings. The van der Waals surface area contributed by atoms with Gasteiger partial charge in [-0.05, 0) is 43.4 Å². The Kier molecular flexibility index (Phi) is 6.19. The van der Waals surface area contributed by atoms with Crippen LogP contribution in [0, 0.1) is 24.2 Å². The molecule has 1 aliphatic rings. The fraction of sp³-hybridized carbons (Fsp3) is 0.333. The van der Waals surface area contributed by atoms with Crippen LogP contribution in [0.5, 0.6) is 0 Å². The predicted octanol–water partition coefficient (Wildman–Crippen LogP) is 4.78. The maximum absolute atomic E-state index is 9.32. The van der Waals surface area contributed by atoms with Gasteiger partial charge in [-0.3, -0.25) is 0 Å². The molecule has 1 aromatic heterocycles. The van der Waals surface area contributed by atoms with Crippen molar-refractivity contribution in [1.29, 1.82) is 5.26 Å². The smallest absolute Gasteiger partial charge is 0.147 e. The fourth-order valence-electron chi connectivity index (χ4n) is 2.95. The molecule has 26 heavy (non-hydrogen) atoms. The Bertz CT molecular complexity index is 860. The molecule has 1 aromatic carbocycles. The summed E-state index contributed by atoms with van der Waals surface area (Å²) in [5.41, 5.74) is 4.03. The highest BCUT2D eigenvalue weighted by Crippen LogP contribution is 2.27. The van der Waals surface area contributed by atoms with Crippen molar-refractivity contribution in [3.05, 3.63) is 70.8 Å². The lowest BCUT2D eigenvalue weighted by molar-refractivity contribution is 0.391. The van der Waals surface area contributed by atoms with E-state index in [2.05, 4.69) is 53.8 Å². The number of allylic oxidation sites excluding steroid dienone is 3. The lowest BCUT2D eigenvalue weighted by atomic mass is 9.94. The monoisotopic (exact) mass is 365 g/mol. The summed E-state index contributed by atoms with van der Waals surface area (Å²) in [5.74, 6) is 2.10. The molecule has 0 amide bonds. The molecule has 2 aromatic rings. The van der Waals surface area contributed by atoms with E-state index >= 15 is 0 Å². The maximum atomic E-state index is 9.32. The van der Waals surface area contributed by atoms with Gasteiger partial charge in [0.2, 0.25) is 0 Å². The molecule has 0 saturated heterocycles. The van der Waals surface area contributed by atoms with Crippen molar-refractivity contribution >= 4 is 11.8 Å². The summed E-state index contributed by atoms with van der Waals surface area (Å²) in [6, 6.07) is 12.7. The van der Waals surface area contributed by atoms with Gasteiger partial charge < -0.3 is 9.84 Å². The summed E-state index contributed by atoms with van der Waals surface area (Å²) in [7, 11) is 0. The highest BCUT2D eigenvalue weighted by atomic mass is 32.2. The average molecular weight is 366 g/mol. The number of nitrogens with one attached hydrogen (secondary N) is 1. The molecule has 0 saturated carbocycles. The quantitative estimate of drug-likeness (QED) is 0.715. The number of benzene rings is 1. The van der Waals surface area contributed by atoms with Crippen LogP contribution in [0.25, 0.3) is 0 Å². The number of aryl methyl sites for hydroxylation is 1. The molecule has 0 aliphatic heterocycles. The van der Waals surface area contributed by atoms with Gasteiger partial charge >= 0.3 is 0 Å². The van der Waals surface area contributed by atoms with Crippen LogP contribution in [-0.4, -0.2) is 11.7 Å². The Labute approximate surface area is 159 Å². The van der Waals surface area contributed by atoms with E-state index in [1.807, 2.05) is 19.1 Å². The van der Waals surface area contributed by atoms with Crippen LogP contribution in [0.1, 0.15) is 30.4 Å². The van der Waals surface area contributed by atoms with E-state index in [4.69, 9.17) is 4.52 Å². The van der Waals surface area contributed by atoms with E-state index < -0.39 is 0 Å². The van der Waals surface area contributed by atoms with Crippen molar-refractivity contribution in [3.63, 3.8) is 0 Å². The van der Waals surface area contributed by atoms with E-state index in [1.54, 1.807) is 11.8 Å². The van der Waals surface area contributed by atoms with Gasteiger partial charge in [0.25, 0.3) is 0 Å². The average Bonchev–Trinajstić information content (AvgIpc) is 3.07. The summed E-state index contributed by atoms with van der Waals surface area (Å²) in [6.07, 6.45) is 5.93. The molecule has 134 valence electrons. The second kappa shape index (κ2) is 8.77. The minimum atomic E-state index is 0.437. The SMILES string of the molecule is Cc1cc(CSc2ccccc2CCNC2=C(C#N)CC(C)C=C2)on1. The second-order valence-electron chi connectivity index (χ2n) is 6.55. The van der Waals surface area contributed by atoms with E-state index in [1.165, 1.54) is 10.5 Å². The van der Waals surface area contributed by atoms with Gasteiger partial charge in [-0.25, -0.2) is 0 Å². The summed E-state index contributed by atoms with van der Waals surface area (Å²) >= 11 is 1.76. The number of nitrogens with zero attached hydrogens (tertiary/aromatic N) is 2. The maximum Gasteiger partial charge on any atom is 0.147 e. The molecule has 1 unspecified atom stereocenters.